The van der Waals surface area contributed by atoms with Crippen molar-refractivity contribution < 1.29 is 9.31 Å². The number of hydrogen-bond acceptors (Lipinski definition) is 7. The predicted molar refractivity (Wildman–Crippen MR) is 104 cm³/mol. The molecule has 4 rings (SSSR count). The van der Waals surface area contributed by atoms with Crippen LogP contribution in [0.15, 0.2) is 71.2 Å². The van der Waals surface area contributed by atoms with Gasteiger partial charge in [0.1, 0.15) is 18.2 Å². The fraction of sp³-hybridized carbons (Fsp3) is 0.0526. The Morgan fingerprint density at radius 1 is 1.03 bits per heavy atom. The fourth-order valence-corrected chi connectivity index (χ4v) is 3.36. The summed E-state index contributed by atoms with van der Waals surface area (Å²) in [5.41, 5.74) is 1.91. The Bertz CT molecular complexity index is 1180. The summed E-state index contributed by atoms with van der Waals surface area (Å²) in [5.74, 6) is -0.0900. The molecule has 2 heterocycles. The van der Waals surface area contributed by atoms with Gasteiger partial charge in [0.2, 0.25) is 5.16 Å². The molecule has 2 aromatic carbocycles. The van der Waals surface area contributed by atoms with Gasteiger partial charge in [0.25, 0.3) is 0 Å². The van der Waals surface area contributed by atoms with Crippen LogP contribution >= 0.6 is 11.8 Å². The molecule has 0 saturated heterocycles. The molecule has 8 nitrogen and oxygen atoms in total. The van der Waals surface area contributed by atoms with E-state index in [-0.39, 0.29) is 10.8 Å². The fourth-order valence-electron chi connectivity index (χ4n) is 2.62. The van der Waals surface area contributed by atoms with Gasteiger partial charge in [-0.15, -0.1) is 10.2 Å². The van der Waals surface area contributed by atoms with Gasteiger partial charge in [-0.3, -0.25) is 14.7 Å². The van der Waals surface area contributed by atoms with Crippen molar-refractivity contribution >= 4 is 17.4 Å². The molecule has 0 N–H and O–H groups in total. The first kappa shape index (κ1) is 18.7. The number of benzene rings is 2. The molecule has 0 aliphatic heterocycles. The number of aryl methyl sites for hydroxylation is 1. The van der Waals surface area contributed by atoms with Gasteiger partial charge in [-0.05, 0) is 43.0 Å². The summed E-state index contributed by atoms with van der Waals surface area (Å²) in [7, 11) is 0. The molecule has 0 aliphatic rings. The largest absolute Gasteiger partial charge is 0.305 e. The van der Waals surface area contributed by atoms with Gasteiger partial charge in [-0.2, -0.15) is 0 Å². The molecule has 4 aromatic rings. The zero-order chi connectivity index (χ0) is 20.4. The highest BCUT2D eigenvalue weighted by atomic mass is 32.2. The van der Waals surface area contributed by atoms with Crippen LogP contribution < -0.4 is 0 Å². The number of nitrogens with zero attached hydrogens (tertiary/aromatic N) is 6. The first-order chi connectivity index (χ1) is 14.0. The molecule has 0 amide bonds. The lowest BCUT2D eigenvalue weighted by molar-refractivity contribution is -0.385. The van der Waals surface area contributed by atoms with Gasteiger partial charge in [-0.25, -0.2) is 14.4 Å². The number of aromatic nitrogens is 5. The molecule has 0 radical (unpaired) electrons. The molecule has 0 aliphatic carbocycles. The van der Waals surface area contributed by atoms with Crippen molar-refractivity contribution in [1.29, 1.82) is 0 Å². The van der Waals surface area contributed by atoms with Crippen LogP contribution in [0.3, 0.4) is 0 Å². The van der Waals surface area contributed by atoms with Crippen LogP contribution in [-0.4, -0.2) is 29.7 Å². The second-order valence-electron chi connectivity index (χ2n) is 6.04. The average molecular weight is 408 g/mol. The molecule has 0 bridgehead atoms. The molecule has 0 fully saturated rings. The zero-order valence-electron chi connectivity index (χ0n) is 15.1. The quantitative estimate of drug-likeness (QED) is 0.277. The van der Waals surface area contributed by atoms with E-state index >= 15 is 0 Å². The summed E-state index contributed by atoms with van der Waals surface area (Å²) in [6.07, 6.45) is 2.25. The van der Waals surface area contributed by atoms with E-state index in [0.717, 1.165) is 35.4 Å². The van der Waals surface area contributed by atoms with Crippen molar-refractivity contribution in [1.82, 2.24) is 24.7 Å². The second kappa shape index (κ2) is 7.76. The van der Waals surface area contributed by atoms with Crippen molar-refractivity contribution in [2.45, 2.75) is 17.2 Å². The standard InChI is InChI=1S/C19H13FN6O2S/c1-12-6-8-13(9-7-12)25-17(15-4-2-3-5-16(15)20)23-24-19(25)29-18-21-10-14(11-22-18)26(27)28/h2-11H,1H3. The van der Waals surface area contributed by atoms with Crippen LogP contribution in [-0.2, 0) is 0 Å². The summed E-state index contributed by atoms with van der Waals surface area (Å²) >= 11 is 1.08. The summed E-state index contributed by atoms with van der Waals surface area (Å²) in [4.78, 5) is 18.2. The predicted octanol–water partition coefficient (Wildman–Crippen LogP) is 4.23. The van der Waals surface area contributed by atoms with Gasteiger partial charge >= 0.3 is 5.69 Å². The third-order valence-corrected chi connectivity index (χ3v) is 4.89. The van der Waals surface area contributed by atoms with Gasteiger partial charge in [0, 0.05) is 5.69 Å². The Balaban J connectivity index is 1.80. The van der Waals surface area contributed by atoms with Crippen LogP contribution in [0.1, 0.15) is 5.56 Å². The molecule has 2 aromatic heterocycles. The van der Waals surface area contributed by atoms with Crippen LogP contribution in [0.2, 0.25) is 0 Å². The summed E-state index contributed by atoms with van der Waals surface area (Å²) < 4.78 is 16.1. The highest BCUT2D eigenvalue weighted by Crippen LogP contribution is 2.32. The Morgan fingerprint density at radius 2 is 1.72 bits per heavy atom. The Hall–Kier alpha value is -3.66. The van der Waals surface area contributed by atoms with Gasteiger partial charge in [0.15, 0.2) is 11.0 Å². The molecule has 0 saturated carbocycles. The normalized spacial score (nSPS) is 10.8. The van der Waals surface area contributed by atoms with Crippen LogP contribution in [0.5, 0.6) is 0 Å². The molecular formula is C19H13FN6O2S. The monoisotopic (exact) mass is 408 g/mol. The maximum Gasteiger partial charge on any atom is 0.305 e. The summed E-state index contributed by atoms with van der Waals surface area (Å²) in [5, 5.41) is 19.8. The second-order valence-corrected chi connectivity index (χ2v) is 6.97. The minimum atomic E-state index is -0.570. The van der Waals surface area contributed by atoms with Crippen LogP contribution in [0, 0.1) is 22.9 Å². The Kier molecular flexibility index (Phi) is 5.00. The molecular weight excluding hydrogens is 395 g/mol. The van der Waals surface area contributed by atoms with Crippen molar-refractivity contribution in [2.75, 3.05) is 0 Å². The third-order valence-electron chi connectivity index (χ3n) is 4.05. The molecule has 0 unspecified atom stereocenters. The molecule has 0 spiro atoms. The number of nitro groups is 1. The zero-order valence-corrected chi connectivity index (χ0v) is 15.9. The highest BCUT2D eigenvalue weighted by molar-refractivity contribution is 7.99. The van der Waals surface area contributed by atoms with E-state index in [9.17, 15) is 14.5 Å². The lowest BCUT2D eigenvalue weighted by Crippen LogP contribution is -2.01. The Labute approximate surface area is 168 Å². The minimum Gasteiger partial charge on any atom is -0.270 e. The third kappa shape index (κ3) is 3.83. The minimum absolute atomic E-state index is 0.207. The van der Waals surface area contributed by atoms with Crippen LogP contribution in [0.25, 0.3) is 17.1 Å². The van der Waals surface area contributed by atoms with Crippen molar-refractivity contribution in [3.8, 4) is 17.1 Å². The smallest absolute Gasteiger partial charge is 0.270 e. The van der Waals surface area contributed by atoms with Gasteiger partial charge < -0.3 is 0 Å². The van der Waals surface area contributed by atoms with Gasteiger partial charge in [0.05, 0.1) is 10.5 Å². The van der Waals surface area contributed by atoms with E-state index in [1.165, 1.54) is 6.07 Å². The lowest BCUT2D eigenvalue weighted by atomic mass is 10.2. The summed E-state index contributed by atoms with van der Waals surface area (Å²) in [6, 6.07) is 13.9. The van der Waals surface area contributed by atoms with E-state index in [4.69, 9.17) is 0 Å². The van der Waals surface area contributed by atoms with Gasteiger partial charge in [-0.1, -0.05) is 29.8 Å². The Morgan fingerprint density at radius 3 is 2.38 bits per heavy atom. The van der Waals surface area contributed by atoms with Crippen molar-refractivity contribution in [3.63, 3.8) is 0 Å². The molecule has 10 heteroatoms. The first-order valence-corrected chi connectivity index (χ1v) is 9.26. The van der Waals surface area contributed by atoms with E-state index in [1.54, 1.807) is 22.8 Å². The van der Waals surface area contributed by atoms with E-state index in [0.29, 0.717) is 16.5 Å². The lowest BCUT2D eigenvalue weighted by Gasteiger charge is -2.10. The average Bonchev–Trinajstić information content (AvgIpc) is 3.12. The maximum atomic E-state index is 14.4. The topological polar surface area (TPSA) is 99.6 Å². The van der Waals surface area contributed by atoms with Crippen molar-refractivity contribution in [2.24, 2.45) is 0 Å². The molecule has 0 atom stereocenters. The highest BCUT2D eigenvalue weighted by Gasteiger charge is 2.20. The summed E-state index contributed by atoms with van der Waals surface area (Å²) in [6.45, 7) is 1.97. The number of rotatable bonds is 5. The molecule has 144 valence electrons. The van der Waals surface area contributed by atoms with Crippen LogP contribution in [0.4, 0.5) is 10.1 Å². The number of halogens is 1. The first-order valence-electron chi connectivity index (χ1n) is 8.44. The molecule has 29 heavy (non-hydrogen) atoms. The SMILES string of the molecule is Cc1ccc(-n2c(Sc3ncc([N+](=O)[O-])cn3)nnc2-c2ccccc2F)cc1. The van der Waals surface area contributed by atoms with E-state index < -0.39 is 10.7 Å². The number of hydrogen-bond donors (Lipinski definition) is 0. The maximum absolute atomic E-state index is 14.4. The van der Waals surface area contributed by atoms with Crippen molar-refractivity contribution in [3.05, 3.63) is 82.4 Å². The van der Waals surface area contributed by atoms with E-state index in [1.807, 2.05) is 31.2 Å². The van der Waals surface area contributed by atoms with E-state index in [2.05, 4.69) is 20.2 Å².